The van der Waals surface area contributed by atoms with Crippen molar-refractivity contribution < 1.29 is 9.53 Å². The minimum Gasteiger partial charge on any atom is -0.497 e. The Bertz CT molecular complexity index is 696. The number of hydrazone groups is 1. The molecule has 1 amide bonds. The number of halogens is 1. The van der Waals surface area contributed by atoms with E-state index < -0.39 is 0 Å². The molecule has 0 unspecified atom stereocenters. The van der Waals surface area contributed by atoms with E-state index in [4.69, 9.17) is 16.3 Å². The van der Waals surface area contributed by atoms with E-state index in [1.165, 1.54) is 0 Å². The molecule has 0 aliphatic rings. The Hall–Kier alpha value is -2.33. The summed E-state index contributed by atoms with van der Waals surface area (Å²) in [5.74, 6) is 0.601. The Kier molecular flexibility index (Phi) is 6.18. The fraction of sp³-hybridized carbons (Fsp3) is 0.222. The van der Waals surface area contributed by atoms with Gasteiger partial charge in [-0.15, -0.1) is 0 Å². The summed E-state index contributed by atoms with van der Waals surface area (Å²) in [7, 11) is 1.61. The van der Waals surface area contributed by atoms with E-state index in [1.54, 1.807) is 13.2 Å². The molecule has 0 heterocycles. The Morgan fingerprint density at radius 3 is 2.57 bits per heavy atom. The van der Waals surface area contributed by atoms with Crippen molar-refractivity contribution in [3.05, 3.63) is 64.7 Å². The fourth-order valence-corrected chi connectivity index (χ4v) is 2.30. The molecule has 0 fully saturated rings. The number of nitrogens with zero attached hydrogens (tertiary/aromatic N) is 1. The first-order chi connectivity index (χ1) is 11.1. The number of benzene rings is 2. The van der Waals surface area contributed by atoms with Gasteiger partial charge in [-0.25, -0.2) is 5.43 Å². The van der Waals surface area contributed by atoms with Gasteiger partial charge in [0, 0.05) is 5.02 Å². The number of nitrogens with one attached hydrogen (secondary N) is 1. The average Bonchev–Trinajstić information content (AvgIpc) is 2.56. The van der Waals surface area contributed by atoms with Gasteiger partial charge in [0.05, 0.1) is 19.2 Å². The first kappa shape index (κ1) is 17.0. The number of methoxy groups -OCH3 is 1. The van der Waals surface area contributed by atoms with Crippen molar-refractivity contribution in [1.82, 2.24) is 5.43 Å². The van der Waals surface area contributed by atoms with Gasteiger partial charge in [-0.05, 0) is 41.8 Å². The molecule has 2 aromatic rings. The number of carbonyl (C=O) groups excluding carboxylic acids is 1. The van der Waals surface area contributed by atoms with Crippen molar-refractivity contribution in [1.29, 1.82) is 0 Å². The van der Waals surface area contributed by atoms with Crippen molar-refractivity contribution in [3.63, 3.8) is 0 Å². The number of amides is 1. The third-order valence-electron chi connectivity index (χ3n) is 3.33. The molecular weight excluding hydrogens is 312 g/mol. The number of carbonyl (C=O) groups is 1. The predicted octanol–water partition coefficient (Wildman–Crippen LogP) is 3.82. The second kappa shape index (κ2) is 8.34. The van der Waals surface area contributed by atoms with E-state index in [0.29, 0.717) is 11.4 Å². The highest BCUT2D eigenvalue weighted by atomic mass is 35.5. The molecule has 2 aromatic carbocycles. The zero-order valence-corrected chi connectivity index (χ0v) is 13.9. The predicted molar refractivity (Wildman–Crippen MR) is 93.1 cm³/mol. The van der Waals surface area contributed by atoms with E-state index in [-0.39, 0.29) is 12.3 Å². The molecule has 5 heteroatoms. The second-order valence-corrected chi connectivity index (χ2v) is 5.42. The van der Waals surface area contributed by atoms with Crippen molar-refractivity contribution in [3.8, 4) is 5.75 Å². The van der Waals surface area contributed by atoms with Gasteiger partial charge in [0.25, 0.3) is 0 Å². The minimum atomic E-state index is -0.164. The summed E-state index contributed by atoms with van der Waals surface area (Å²) in [5.41, 5.74) is 5.20. The van der Waals surface area contributed by atoms with Gasteiger partial charge < -0.3 is 4.74 Å². The van der Waals surface area contributed by atoms with Crippen LogP contribution in [0.5, 0.6) is 5.75 Å². The van der Waals surface area contributed by atoms with Gasteiger partial charge in [0.1, 0.15) is 5.75 Å². The first-order valence-corrected chi connectivity index (χ1v) is 7.74. The van der Waals surface area contributed by atoms with Crippen LogP contribution in [0.15, 0.2) is 53.6 Å². The summed E-state index contributed by atoms with van der Waals surface area (Å²) in [4.78, 5) is 12.0. The highest BCUT2D eigenvalue weighted by Crippen LogP contribution is 2.13. The van der Waals surface area contributed by atoms with E-state index in [0.717, 1.165) is 22.6 Å². The number of hydrogen-bond acceptors (Lipinski definition) is 3. The largest absolute Gasteiger partial charge is 0.497 e. The highest BCUT2D eigenvalue weighted by Gasteiger charge is 2.05. The van der Waals surface area contributed by atoms with Crippen LogP contribution < -0.4 is 10.2 Å². The summed E-state index contributed by atoms with van der Waals surface area (Å²) >= 11 is 5.99. The van der Waals surface area contributed by atoms with Crippen LogP contribution in [0.25, 0.3) is 0 Å². The lowest BCUT2D eigenvalue weighted by Gasteiger charge is -2.06. The summed E-state index contributed by atoms with van der Waals surface area (Å²) in [6.07, 6.45) is 0.962. The Labute approximate surface area is 141 Å². The molecule has 0 aliphatic heterocycles. The molecule has 0 bridgehead atoms. The molecule has 0 spiro atoms. The lowest BCUT2D eigenvalue weighted by Crippen LogP contribution is -2.21. The fourth-order valence-electron chi connectivity index (χ4n) is 2.11. The normalized spacial score (nSPS) is 11.2. The maximum atomic E-state index is 12.0. The first-order valence-electron chi connectivity index (χ1n) is 7.36. The van der Waals surface area contributed by atoms with Crippen molar-refractivity contribution in [2.24, 2.45) is 5.10 Å². The van der Waals surface area contributed by atoms with Crippen molar-refractivity contribution in [2.45, 2.75) is 19.8 Å². The average molecular weight is 331 g/mol. The molecule has 1 N–H and O–H groups in total. The maximum Gasteiger partial charge on any atom is 0.244 e. The molecular formula is C18H19ClN2O2. The minimum absolute atomic E-state index is 0.164. The lowest BCUT2D eigenvalue weighted by molar-refractivity contribution is -0.120. The van der Waals surface area contributed by atoms with Crippen LogP contribution >= 0.6 is 11.6 Å². The molecule has 4 nitrogen and oxygen atoms in total. The van der Waals surface area contributed by atoms with E-state index in [1.807, 2.05) is 49.4 Å². The van der Waals surface area contributed by atoms with Crippen LogP contribution in [-0.4, -0.2) is 18.7 Å². The van der Waals surface area contributed by atoms with E-state index in [2.05, 4.69) is 10.5 Å². The summed E-state index contributed by atoms with van der Waals surface area (Å²) in [6, 6.07) is 14.8. The topological polar surface area (TPSA) is 50.7 Å². The molecule has 0 aliphatic carbocycles. The summed E-state index contributed by atoms with van der Waals surface area (Å²) in [5, 5.41) is 4.86. The van der Waals surface area contributed by atoms with Gasteiger partial charge in [-0.2, -0.15) is 5.10 Å². The third-order valence-corrected chi connectivity index (χ3v) is 3.57. The van der Waals surface area contributed by atoms with Gasteiger partial charge in [-0.3, -0.25) is 4.79 Å². The van der Waals surface area contributed by atoms with E-state index in [9.17, 15) is 4.79 Å². The van der Waals surface area contributed by atoms with Crippen LogP contribution in [-0.2, 0) is 11.2 Å². The number of hydrogen-bond donors (Lipinski definition) is 1. The molecule has 0 radical (unpaired) electrons. The van der Waals surface area contributed by atoms with Crippen LogP contribution in [0.4, 0.5) is 0 Å². The van der Waals surface area contributed by atoms with Crippen molar-refractivity contribution >= 4 is 23.2 Å². The van der Waals surface area contributed by atoms with Crippen LogP contribution in [0.2, 0.25) is 5.02 Å². The van der Waals surface area contributed by atoms with E-state index >= 15 is 0 Å². The molecule has 0 saturated heterocycles. The quantitative estimate of drug-likeness (QED) is 0.646. The molecule has 0 saturated carbocycles. The molecule has 120 valence electrons. The SMILES string of the molecule is CC/C(=N/NC(=O)Cc1ccc(OC)cc1)c1cccc(Cl)c1. The Balaban J connectivity index is 2.00. The second-order valence-electron chi connectivity index (χ2n) is 4.98. The third kappa shape index (κ3) is 5.11. The van der Waals surface area contributed by atoms with Gasteiger partial charge >= 0.3 is 0 Å². The maximum absolute atomic E-state index is 12.0. The molecule has 2 rings (SSSR count). The van der Waals surface area contributed by atoms with Crippen LogP contribution in [0, 0.1) is 0 Å². The van der Waals surface area contributed by atoms with Crippen LogP contribution in [0.1, 0.15) is 24.5 Å². The summed E-state index contributed by atoms with van der Waals surface area (Å²) < 4.78 is 5.09. The molecule has 23 heavy (non-hydrogen) atoms. The highest BCUT2D eigenvalue weighted by molar-refractivity contribution is 6.31. The van der Waals surface area contributed by atoms with Gasteiger partial charge in [0.15, 0.2) is 0 Å². The lowest BCUT2D eigenvalue weighted by atomic mass is 10.1. The van der Waals surface area contributed by atoms with Gasteiger partial charge in [-0.1, -0.05) is 42.8 Å². The smallest absolute Gasteiger partial charge is 0.244 e. The Morgan fingerprint density at radius 2 is 1.96 bits per heavy atom. The Morgan fingerprint density at radius 1 is 1.22 bits per heavy atom. The molecule has 0 aromatic heterocycles. The van der Waals surface area contributed by atoms with Gasteiger partial charge in [0.2, 0.25) is 5.91 Å². The monoisotopic (exact) mass is 330 g/mol. The van der Waals surface area contributed by atoms with Crippen molar-refractivity contribution in [2.75, 3.05) is 7.11 Å². The zero-order valence-electron chi connectivity index (χ0n) is 13.2. The van der Waals surface area contributed by atoms with Crippen LogP contribution in [0.3, 0.4) is 0 Å². The summed E-state index contributed by atoms with van der Waals surface area (Å²) in [6.45, 7) is 1.98. The molecule has 0 atom stereocenters. The number of rotatable bonds is 6. The number of ether oxygens (including phenoxy) is 1. The standard InChI is InChI=1S/C18H19ClN2O2/c1-3-17(14-5-4-6-15(19)12-14)20-21-18(22)11-13-7-9-16(23-2)10-8-13/h4-10,12H,3,11H2,1-2H3,(H,21,22)/b20-17-. The zero-order chi connectivity index (χ0) is 16.7.